The van der Waals surface area contributed by atoms with Crippen molar-refractivity contribution in [3.05, 3.63) is 75.9 Å². The van der Waals surface area contributed by atoms with Crippen LogP contribution in [0.15, 0.2) is 49.1 Å². The number of pyridine rings is 1. The monoisotopic (exact) mass is 427 g/mol. The molecule has 0 saturated carbocycles. The number of carbonyl (C=O) groups excluding carboxylic acids is 1. The first-order chi connectivity index (χ1) is 13.9. The van der Waals surface area contributed by atoms with E-state index in [-0.39, 0.29) is 5.91 Å². The van der Waals surface area contributed by atoms with Crippen LogP contribution in [0.1, 0.15) is 21.6 Å². The summed E-state index contributed by atoms with van der Waals surface area (Å²) in [6.45, 7) is 3.76. The molecule has 0 unspecified atom stereocenters. The van der Waals surface area contributed by atoms with Crippen molar-refractivity contribution < 1.29 is 4.79 Å². The largest absolute Gasteiger partial charge is 0.320 e. The Hall–Kier alpha value is -3.23. The first-order valence-corrected chi connectivity index (χ1v) is 9.34. The summed E-state index contributed by atoms with van der Waals surface area (Å²) in [4.78, 5) is 18.3. The molecule has 29 heavy (non-hydrogen) atoms. The molecule has 0 saturated heterocycles. The van der Waals surface area contributed by atoms with E-state index in [0.717, 1.165) is 11.3 Å². The highest BCUT2D eigenvalue weighted by Crippen LogP contribution is 2.23. The molecule has 146 valence electrons. The number of amides is 1. The molecule has 0 aliphatic heterocycles. The zero-order chi connectivity index (χ0) is 20.5. The quantitative estimate of drug-likeness (QED) is 0.530. The molecule has 3 heterocycles. The highest BCUT2D eigenvalue weighted by Gasteiger charge is 2.17. The fourth-order valence-electron chi connectivity index (χ4n) is 2.90. The fraction of sp³-hybridized carbons (Fsp3) is 0.105. The Bertz CT molecular complexity index is 1200. The number of anilines is 1. The second kappa shape index (κ2) is 7.65. The summed E-state index contributed by atoms with van der Waals surface area (Å²) in [5.41, 5.74) is 3.39. The summed E-state index contributed by atoms with van der Waals surface area (Å²) < 4.78 is 1.71. The number of halogens is 2. The van der Waals surface area contributed by atoms with E-state index < -0.39 is 0 Å². The smallest absolute Gasteiger partial charge is 0.259 e. The number of carbonyl (C=O) groups is 1. The van der Waals surface area contributed by atoms with Crippen LogP contribution in [-0.2, 0) is 0 Å². The molecular formula is C19H15Cl2N7O. The number of rotatable bonds is 4. The van der Waals surface area contributed by atoms with Crippen molar-refractivity contribution in [3.8, 4) is 11.5 Å². The van der Waals surface area contributed by atoms with Gasteiger partial charge in [-0.05, 0) is 43.7 Å². The average Bonchev–Trinajstić information content (AvgIpc) is 3.32. The van der Waals surface area contributed by atoms with Crippen molar-refractivity contribution >= 4 is 34.8 Å². The lowest BCUT2D eigenvalue weighted by Gasteiger charge is -2.10. The zero-order valence-corrected chi connectivity index (χ0v) is 17.0. The van der Waals surface area contributed by atoms with E-state index in [2.05, 4.69) is 25.6 Å². The van der Waals surface area contributed by atoms with Crippen molar-refractivity contribution in [3.63, 3.8) is 0 Å². The van der Waals surface area contributed by atoms with Gasteiger partial charge in [-0.2, -0.15) is 15.3 Å². The van der Waals surface area contributed by atoms with Gasteiger partial charge in [0, 0.05) is 5.02 Å². The van der Waals surface area contributed by atoms with E-state index in [1.165, 1.54) is 29.6 Å². The van der Waals surface area contributed by atoms with E-state index >= 15 is 0 Å². The third-order valence-electron chi connectivity index (χ3n) is 4.33. The molecule has 10 heteroatoms. The standard InChI is InChI=1S/C19H15Cl2N7O/c1-11-7-13(20)3-4-17(11)27-12(2)15(10-25-27)19(29)26-14-8-16(21)18(22-9-14)28-23-5-6-24-28/h3-10H,1-2H3,(H,26,29). The summed E-state index contributed by atoms with van der Waals surface area (Å²) in [6, 6.07) is 7.09. The van der Waals surface area contributed by atoms with E-state index in [4.69, 9.17) is 23.2 Å². The predicted molar refractivity (Wildman–Crippen MR) is 110 cm³/mol. The molecule has 4 aromatic rings. The number of benzene rings is 1. The number of nitrogens with zero attached hydrogens (tertiary/aromatic N) is 6. The van der Waals surface area contributed by atoms with Gasteiger partial charge in [0.1, 0.15) is 0 Å². The normalized spacial score (nSPS) is 10.9. The Morgan fingerprint density at radius 2 is 1.79 bits per heavy atom. The van der Waals surface area contributed by atoms with E-state index in [1.54, 1.807) is 16.8 Å². The van der Waals surface area contributed by atoms with Crippen LogP contribution in [0, 0.1) is 13.8 Å². The third kappa shape index (κ3) is 3.72. The minimum Gasteiger partial charge on any atom is -0.320 e. The van der Waals surface area contributed by atoms with Gasteiger partial charge in [0.2, 0.25) is 0 Å². The Balaban J connectivity index is 1.58. The first kappa shape index (κ1) is 19.1. The molecule has 0 bridgehead atoms. The van der Waals surface area contributed by atoms with Crippen LogP contribution in [-0.4, -0.2) is 35.7 Å². The maximum absolute atomic E-state index is 12.8. The molecule has 0 fully saturated rings. The van der Waals surface area contributed by atoms with Crippen molar-refractivity contribution in [2.24, 2.45) is 0 Å². The van der Waals surface area contributed by atoms with Crippen LogP contribution < -0.4 is 5.32 Å². The van der Waals surface area contributed by atoms with Gasteiger partial charge in [0.05, 0.1) is 52.4 Å². The number of aryl methyl sites for hydroxylation is 1. The maximum atomic E-state index is 12.8. The van der Waals surface area contributed by atoms with Gasteiger partial charge in [-0.3, -0.25) is 4.79 Å². The SMILES string of the molecule is Cc1cc(Cl)ccc1-n1ncc(C(=O)Nc2cnc(-n3nccn3)c(Cl)c2)c1C. The van der Waals surface area contributed by atoms with Gasteiger partial charge < -0.3 is 5.32 Å². The van der Waals surface area contributed by atoms with Crippen molar-refractivity contribution in [2.45, 2.75) is 13.8 Å². The van der Waals surface area contributed by atoms with Crippen LogP contribution in [0.25, 0.3) is 11.5 Å². The molecular weight excluding hydrogens is 413 g/mol. The van der Waals surface area contributed by atoms with Crippen molar-refractivity contribution in [1.82, 2.24) is 29.8 Å². The number of hydrogen-bond acceptors (Lipinski definition) is 5. The Labute approximate surface area is 176 Å². The minimum absolute atomic E-state index is 0.309. The van der Waals surface area contributed by atoms with Crippen LogP contribution in [0.2, 0.25) is 10.0 Å². The molecule has 1 aromatic carbocycles. The van der Waals surface area contributed by atoms with Crippen molar-refractivity contribution in [1.29, 1.82) is 0 Å². The molecule has 0 aliphatic rings. The molecule has 1 amide bonds. The molecule has 0 spiro atoms. The highest BCUT2D eigenvalue weighted by atomic mass is 35.5. The summed E-state index contributed by atoms with van der Waals surface area (Å²) >= 11 is 12.3. The Morgan fingerprint density at radius 1 is 1.03 bits per heavy atom. The summed E-state index contributed by atoms with van der Waals surface area (Å²) in [6.07, 6.45) is 6.06. The number of hydrogen-bond donors (Lipinski definition) is 1. The molecule has 0 radical (unpaired) electrons. The second-order valence-corrected chi connectivity index (χ2v) is 7.13. The highest BCUT2D eigenvalue weighted by molar-refractivity contribution is 6.32. The van der Waals surface area contributed by atoms with E-state index in [1.807, 2.05) is 26.0 Å². The Morgan fingerprint density at radius 3 is 2.48 bits per heavy atom. The van der Waals surface area contributed by atoms with Gasteiger partial charge in [0.15, 0.2) is 5.82 Å². The minimum atomic E-state index is -0.316. The first-order valence-electron chi connectivity index (χ1n) is 8.59. The molecule has 4 rings (SSSR count). The fourth-order valence-corrected chi connectivity index (χ4v) is 3.37. The number of aromatic nitrogens is 6. The molecule has 0 aliphatic carbocycles. The topological polar surface area (TPSA) is 90.5 Å². The van der Waals surface area contributed by atoms with Crippen molar-refractivity contribution in [2.75, 3.05) is 5.32 Å². The van der Waals surface area contributed by atoms with Crippen LogP contribution in [0.4, 0.5) is 5.69 Å². The lowest BCUT2D eigenvalue weighted by Crippen LogP contribution is -2.14. The van der Waals surface area contributed by atoms with Crippen LogP contribution in [0.5, 0.6) is 0 Å². The summed E-state index contributed by atoms with van der Waals surface area (Å²) in [5.74, 6) is 0.0556. The second-order valence-electron chi connectivity index (χ2n) is 6.29. The lowest BCUT2D eigenvalue weighted by atomic mass is 10.2. The molecule has 1 N–H and O–H groups in total. The van der Waals surface area contributed by atoms with Gasteiger partial charge in [-0.25, -0.2) is 9.67 Å². The van der Waals surface area contributed by atoms with E-state index in [9.17, 15) is 4.79 Å². The average molecular weight is 428 g/mol. The van der Waals surface area contributed by atoms with E-state index in [0.29, 0.717) is 32.8 Å². The van der Waals surface area contributed by atoms with Gasteiger partial charge in [-0.1, -0.05) is 23.2 Å². The number of nitrogens with one attached hydrogen (secondary N) is 1. The third-order valence-corrected chi connectivity index (χ3v) is 4.84. The van der Waals surface area contributed by atoms with Crippen LogP contribution >= 0.6 is 23.2 Å². The predicted octanol–water partition coefficient (Wildman–Crippen LogP) is 4.02. The van der Waals surface area contributed by atoms with Gasteiger partial charge >= 0.3 is 0 Å². The Kier molecular flexibility index (Phi) is 5.04. The molecule has 3 aromatic heterocycles. The van der Waals surface area contributed by atoms with Gasteiger partial charge in [-0.15, -0.1) is 4.80 Å². The summed E-state index contributed by atoms with van der Waals surface area (Å²) in [5, 5.41) is 16.1. The summed E-state index contributed by atoms with van der Waals surface area (Å²) in [7, 11) is 0. The van der Waals surface area contributed by atoms with Crippen LogP contribution in [0.3, 0.4) is 0 Å². The lowest BCUT2D eigenvalue weighted by molar-refractivity contribution is 0.102. The van der Waals surface area contributed by atoms with Gasteiger partial charge in [0.25, 0.3) is 5.91 Å². The maximum Gasteiger partial charge on any atom is 0.259 e. The zero-order valence-electron chi connectivity index (χ0n) is 15.5. The molecule has 8 nitrogen and oxygen atoms in total. The molecule has 0 atom stereocenters.